The second-order valence-corrected chi connectivity index (χ2v) is 7.26. The molecule has 28 heavy (non-hydrogen) atoms. The SMILES string of the molecule is CC(C)OCCCn1c(SCC(=O)NCC(F)(F)F)nc2ccccc2c1=O. The van der Waals surface area contributed by atoms with Gasteiger partial charge in [-0.15, -0.1) is 0 Å². The minimum atomic E-state index is -4.47. The van der Waals surface area contributed by atoms with E-state index in [2.05, 4.69) is 4.98 Å². The zero-order valence-electron chi connectivity index (χ0n) is 15.6. The predicted molar refractivity (Wildman–Crippen MR) is 101 cm³/mol. The van der Waals surface area contributed by atoms with Crippen LogP contribution in [0.25, 0.3) is 10.9 Å². The lowest BCUT2D eigenvalue weighted by Crippen LogP contribution is -2.35. The topological polar surface area (TPSA) is 73.2 Å². The van der Waals surface area contributed by atoms with Crippen LogP contribution in [-0.2, 0) is 16.1 Å². The molecule has 2 rings (SSSR count). The first-order chi connectivity index (χ1) is 13.2. The molecule has 1 aromatic carbocycles. The van der Waals surface area contributed by atoms with E-state index in [1.165, 1.54) is 4.57 Å². The molecule has 0 aliphatic rings. The van der Waals surface area contributed by atoms with Gasteiger partial charge in [0.25, 0.3) is 5.56 Å². The van der Waals surface area contributed by atoms with Crippen LogP contribution in [0.15, 0.2) is 34.2 Å². The van der Waals surface area contributed by atoms with Crippen LogP contribution in [0.3, 0.4) is 0 Å². The maximum Gasteiger partial charge on any atom is 0.405 e. The highest BCUT2D eigenvalue weighted by Crippen LogP contribution is 2.18. The molecule has 2 aromatic rings. The summed E-state index contributed by atoms with van der Waals surface area (Å²) >= 11 is 0.931. The number of hydrogen-bond acceptors (Lipinski definition) is 5. The molecule has 1 N–H and O–H groups in total. The third-order valence-electron chi connectivity index (χ3n) is 3.62. The van der Waals surface area contributed by atoms with Crippen molar-refractivity contribution in [1.29, 1.82) is 0 Å². The third-order valence-corrected chi connectivity index (χ3v) is 4.60. The van der Waals surface area contributed by atoms with Crippen molar-refractivity contribution in [2.24, 2.45) is 0 Å². The Bertz CT molecular complexity index is 869. The second-order valence-electron chi connectivity index (χ2n) is 6.32. The van der Waals surface area contributed by atoms with Gasteiger partial charge in [-0.1, -0.05) is 23.9 Å². The van der Waals surface area contributed by atoms with Crippen molar-refractivity contribution < 1.29 is 22.7 Å². The number of fused-ring (bicyclic) bond motifs is 1. The number of rotatable bonds is 9. The zero-order chi connectivity index (χ0) is 20.7. The van der Waals surface area contributed by atoms with E-state index in [1.54, 1.807) is 24.3 Å². The van der Waals surface area contributed by atoms with Crippen LogP contribution >= 0.6 is 11.8 Å². The molecule has 0 aliphatic carbocycles. The van der Waals surface area contributed by atoms with Gasteiger partial charge in [0.1, 0.15) is 6.54 Å². The number of ether oxygens (including phenoxy) is 1. The number of amides is 1. The number of para-hydroxylation sites is 1. The number of nitrogens with zero attached hydrogens (tertiary/aromatic N) is 2. The molecule has 0 spiro atoms. The van der Waals surface area contributed by atoms with Gasteiger partial charge in [0.2, 0.25) is 5.91 Å². The number of benzene rings is 1. The van der Waals surface area contributed by atoms with Crippen molar-refractivity contribution in [1.82, 2.24) is 14.9 Å². The molecule has 6 nitrogen and oxygen atoms in total. The third kappa shape index (κ3) is 6.83. The summed E-state index contributed by atoms with van der Waals surface area (Å²) in [6, 6.07) is 6.81. The Morgan fingerprint density at radius 1 is 1.32 bits per heavy atom. The Labute approximate surface area is 164 Å². The highest BCUT2D eigenvalue weighted by atomic mass is 32.2. The largest absolute Gasteiger partial charge is 0.405 e. The van der Waals surface area contributed by atoms with E-state index in [4.69, 9.17) is 4.74 Å². The quantitative estimate of drug-likeness (QED) is 0.386. The van der Waals surface area contributed by atoms with Crippen LogP contribution in [0.5, 0.6) is 0 Å². The van der Waals surface area contributed by atoms with Crippen molar-refractivity contribution >= 4 is 28.6 Å². The first-order valence-electron chi connectivity index (χ1n) is 8.75. The molecule has 1 aromatic heterocycles. The van der Waals surface area contributed by atoms with Gasteiger partial charge < -0.3 is 10.1 Å². The normalized spacial score (nSPS) is 11.9. The molecule has 0 saturated heterocycles. The summed E-state index contributed by atoms with van der Waals surface area (Å²) in [5.41, 5.74) is 0.216. The first-order valence-corrected chi connectivity index (χ1v) is 9.73. The summed E-state index contributed by atoms with van der Waals surface area (Å²) in [6.07, 6.45) is -3.84. The molecule has 10 heteroatoms. The van der Waals surface area contributed by atoms with E-state index >= 15 is 0 Å². The fourth-order valence-corrected chi connectivity index (χ4v) is 3.23. The molecule has 0 bridgehead atoms. The molecule has 0 saturated carbocycles. The van der Waals surface area contributed by atoms with Crippen LogP contribution in [0.2, 0.25) is 0 Å². The summed E-state index contributed by atoms with van der Waals surface area (Å²) in [6.45, 7) is 3.20. The highest BCUT2D eigenvalue weighted by Gasteiger charge is 2.27. The van der Waals surface area contributed by atoms with E-state index < -0.39 is 18.6 Å². The van der Waals surface area contributed by atoms with Crippen molar-refractivity contribution in [3.63, 3.8) is 0 Å². The molecular formula is C18H22F3N3O3S. The predicted octanol–water partition coefficient (Wildman–Crippen LogP) is 2.98. The van der Waals surface area contributed by atoms with E-state index in [9.17, 15) is 22.8 Å². The van der Waals surface area contributed by atoms with Gasteiger partial charge in [-0.2, -0.15) is 13.2 Å². The molecule has 0 unspecified atom stereocenters. The lowest BCUT2D eigenvalue weighted by Gasteiger charge is -2.14. The van der Waals surface area contributed by atoms with Gasteiger partial charge in [0.05, 0.1) is 22.8 Å². The number of alkyl halides is 3. The average molecular weight is 417 g/mol. The van der Waals surface area contributed by atoms with Crippen LogP contribution in [0.4, 0.5) is 13.2 Å². The van der Waals surface area contributed by atoms with E-state index in [0.717, 1.165) is 11.8 Å². The number of hydrogen-bond donors (Lipinski definition) is 1. The van der Waals surface area contributed by atoms with Crippen LogP contribution < -0.4 is 10.9 Å². The summed E-state index contributed by atoms with van der Waals surface area (Å²) in [4.78, 5) is 28.9. The Kier molecular flexibility index (Phi) is 7.88. The summed E-state index contributed by atoms with van der Waals surface area (Å²) in [5, 5.41) is 2.54. The molecule has 1 amide bonds. The smallest absolute Gasteiger partial charge is 0.379 e. The van der Waals surface area contributed by atoms with Crippen molar-refractivity contribution in [2.75, 3.05) is 18.9 Å². The fraction of sp³-hybridized carbons (Fsp3) is 0.500. The standard InChI is InChI=1S/C18H22F3N3O3S/c1-12(2)27-9-5-8-24-16(26)13-6-3-4-7-14(13)23-17(24)28-10-15(25)22-11-18(19,20)21/h3-4,6-7,12H,5,8-11H2,1-2H3,(H,22,25). The van der Waals surface area contributed by atoms with Crippen molar-refractivity contribution in [2.45, 2.75) is 44.2 Å². The Morgan fingerprint density at radius 2 is 2.04 bits per heavy atom. The van der Waals surface area contributed by atoms with Gasteiger partial charge in [-0.3, -0.25) is 14.2 Å². The van der Waals surface area contributed by atoms with Gasteiger partial charge in [-0.05, 0) is 32.4 Å². The Balaban J connectivity index is 2.16. The molecule has 154 valence electrons. The van der Waals surface area contributed by atoms with Gasteiger partial charge >= 0.3 is 6.18 Å². The number of thioether (sulfide) groups is 1. The summed E-state index contributed by atoms with van der Waals surface area (Å²) in [7, 11) is 0. The lowest BCUT2D eigenvalue weighted by atomic mass is 10.2. The van der Waals surface area contributed by atoms with E-state index in [0.29, 0.717) is 30.5 Å². The van der Waals surface area contributed by atoms with Gasteiger partial charge in [0, 0.05) is 13.2 Å². The maximum atomic E-state index is 12.8. The Morgan fingerprint density at radius 3 is 2.71 bits per heavy atom. The summed E-state index contributed by atoms with van der Waals surface area (Å²) in [5.74, 6) is -1.05. The lowest BCUT2D eigenvalue weighted by molar-refractivity contribution is -0.136. The average Bonchev–Trinajstić information content (AvgIpc) is 2.62. The maximum absolute atomic E-state index is 12.8. The Hall–Kier alpha value is -2.07. The number of carbonyl (C=O) groups is 1. The minimum absolute atomic E-state index is 0.0672. The molecular weight excluding hydrogens is 395 g/mol. The van der Waals surface area contributed by atoms with Crippen LogP contribution in [0.1, 0.15) is 20.3 Å². The number of halogens is 3. The molecule has 1 heterocycles. The second kappa shape index (κ2) is 9.92. The van der Waals surface area contributed by atoms with Crippen LogP contribution in [0, 0.1) is 0 Å². The van der Waals surface area contributed by atoms with Gasteiger partial charge in [-0.25, -0.2) is 4.98 Å². The zero-order valence-corrected chi connectivity index (χ0v) is 16.4. The fourth-order valence-electron chi connectivity index (χ4n) is 2.38. The number of carbonyl (C=O) groups excluding carboxylic acids is 1. The van der Waals surface area contributed by atoms with Crippen LogP contribution in [-0.4, -0.2) is 46.6 Å². The number of aromatic nitrogens is 2. The van der Waals surface area contributed by atoms with E-state index in [-0.39, 0.29) is 22.6 Å². The first kappa shape index (κ1) is 22.2. The number of nitrogens with one attached hydrogen (secondary N) is 1. The molecule has 0 radical (unpaired) electrons. The molecule has 0 fully saturated rings. The van der Waals surface area contributed by atoms with Crippen molar-refractivity contribution in [3.05, 3.63) is 34.6 Å². The van der Waals surface area contributed by atoms with Crippen molar-refractivity contribution in [3.8, 4) is 0 Å². The highest BCUT2D eigenvalue weighted by molar-refractivity contribution is 7.99. The molecule has 0 aliphatic heterocycles. The van der Waals surface area contributed by atoms with Gasteiger partial charge in [0.15, 0.2) is 5.16 Å². The molecule has 0 atom stereocenters. The van der Waals surface area contributed by atoms with E-state index in [1.807, 2.05) is 19.2 Å². The monoisotopic (exact) mass is 417 g/mol. The minimum Gasteiger partial charge on any atom is -0.379 e. The summed E-state index contributed by atoms with van der Waals surface area (Å²) < 4.78 is 43.5.